The fraction of sp³-hybridized carbons (Fsp3) is 0.0714. The minimum absolute atomic E-state index is 0.0230. The summed E-state index contributed by atoms with van der Waals surface area (Å²) in [5, 5.41) is 14.2. The molecule has 0 bridgehead atoms. The molecule has 0 heterocycles. The van der Waals surface area contributed by atoms with Gasteiger partial charge < -0.3 is 16.3 Å². The van der Waals surface area contributed by atoms with Gasteiger partial charge in [-0.15, -0.1) is 0 Å². The van der Waals surface area contributed by atoms with Crippen molar-refractivity contribution >= 4 is 23.1 Å². The van der Waals surface area contributed by atoms with Crippen LogP contribution in [-0.4, -0.2) is 11.0 Å². The Morgan fingerprint density at radius 2 is 1.95 bits per heavy atom. The summed E-state index contributed by atoms with van der Waals surface area (Å²) in [5.41, 5.74) is 6.49. The first-order chi connectivity index (χ1) is 10.0. The smallest absolute Gasteiger partial charge is 0.170 e. The lowest BCUT2D eigenvalue weighted by atomic mass is 10.1. The molecule has 7 heteroatoms. The third kappa shape index (κ3) is 3.61. The van der Waals surface area contributed by atoms with E-state index in [2.05, 4.69) is 10.5 Å². The Hall–Kier alpha value is -2.34. The molecule has 0 fully saturated rings. The lowest BCUT2D eigenvalue weighted by Crippen LogP contribution is -2.14. The standard InChI is InChI=1S/C14H12ClF2N3O/c15-11-4-3-10(6-13(11)17)19-7-9-2-1-8(5-12(9)16)14(18)20-21/h1-6,19,21H,7H2,(H2,18,20). The first-order valence-electron chi connectivity index (χ1n) is 5.96. The summed E-state index contributed by atoms with van der Waals surface area (Å²) in [6.45, 7) is 0.156. The summed E-state index contributed by atoms with van der Waals surface area (Å²) in [4.78, 5) is 0. The Morgan fingerprint density at radius 1 is 1.19 bits per heavy atom. The normalized spacial score (nSPS) is 11.5. The predicted octanol–water partition coefficient (Wildman–Crippen LogP) is 3.32. The molecule has 0 spiro atoms. The number of nitrogens with zero attached hydrogens (tertiary/aromatic N) is 1. The van der Waals surface area contributed by atoms with Gasteiger partial charge in [0.25, 0.3) is 0 Å². The predicted molar refractivity (Wildman–Crippen MR) is 77.6 cm³/mol. The zero-order valence-electron chi connectivity index (χ0n) is 10.8. The van der Waals surface area contributed by atoms with E-state index < -0.39 is 11.6 Å². The van der Waals surface area contributed by atoms with Gasteiger partial charge in [-0.05, 0) is 24.3 Å². The second-order valence-corrected chi connectivity index (χ2v) is 4.68. The van der Waals surface area contributed by atoms with Crippen molar-refractivity contribution < 1.29 is 14.0 Å². The molecule has 0 aliphatic heterocycles. The fourth-order valence-corrected chi connectivity index (χ4v) is 1.83. The minimum Gasteiger partial charge on any atom is -0.409 e. The van der Waals surface area contributed by atoms with Crippen LogP contribution < -0.4 is 11.1 Å². The molecule has 4 nitrogen and oxygen atoms in total. The highest BCUT2D eigenvalue weighted by Crippen LogP contribution is 2.20. The number of nitrogens with one attached hydrogen (secondary N) is 1. The third-order valence-electron chi connectivity index (χ3n) is 2.86. The van der Waals surface area contributed by atoms with Crippen LogP contribution in [0.15, 0.2) is 41.6 Å². The summed E-state index contributed by atoms with van der Waals surface area (Å²) < 4.78 is 27.1. The molecule has 2 aromatic carbocycles. The van der Waals surface area contributed by atoms with E-state index in [1.165, 1.54) is 24.3 Å². The number of hydrogen-bond donors (Lipinski definition) is 3. The van der Waals surface area contributed by atoms with E-state index in [0.717, 1.165) is 6.07 Å². The maximum absolute atomic E-state index is 13.9. The Bertz CT molecular complexity index is 692. The Morgan fingerprint density at radius 3 is 2.57 bits per heavy atom. The van der Waals surface area contributed by atoms with Crippen LogP contribution in [0, 0.1) is 11.6 Å². The number of benzene rings is 2. The maximum Gasteiger partial charge on any atom is 0.170 e. The van der Waals surface area contributed by atoms with Gasteiger partial charge in [0.05, 0.1) is 5.02 Å². The van der Waals surface area contributed by atoms with Crippen molar-refractivity contribution in [2.75, 3.05) is 5.32 Å². The molecule has 2 aromatic rings. The molecule has 21 heavy (non-hydrogen) atoms. The molecular weight excluding hydrogens is 300 g/mol. The number of nitrogens with two attached hydrogens (primary N) is 1. The molecule has 0 aliphatic carbocycles. The highest BCUT2D eigenvalue weighted by Gasteiger charge is 2.07. The Labute approximate surface area is 124 Å². The van der Waals surface area contributed by atoms with Crippen molar-refractivity contribution in [3.63, 3.8) is 0 Å². The zero-order valence-corrected chi connectivity index (χ0v) is 11.5. The lowest BCUT2D eigenvalue weighted by molar-refractivity contribution is 0.318. The zero-order chi connectivity index (χ0) is 15.4. The van der Waals surface area contributed by atoms with Crippen LogP contribution in [0.1, 0.15) is 11.1 Å². The van der Waals surface area contributed by atoms with Crippen LogP contribution in [0.25, 0.3) is 0 Å². The van der Waals surface area contributed by atoms with Gasteiger partial charge in [0.1, 0.15) is 11.6 Å². The molecule has 0 radical (unpaired) electrons. The average Bonchev–Trinajstić information content (AvgIpc) is 2.48. The van der Waals surface area contributed by atoms with Gasteiger partial charge in [0.2, 0.25) is 0 Å². The molecule has 0 atom stereocenters. The van der Waals surface area contributed by atoms with E-state index in [1.54, 1.807) is 6.07 Å². The van der Waals surface area contributed by atoms with Gasteiger partial charge in [0.15, 0.2) is 5.84 Å². The van der Waals surface area contributed by atoms with E-state index >= 15 is 0 Å². The fourth-order valence-electron chi connectivity index (χ4n) is 1.71. The van der Waals surface area contributed by atoms with Crippen LogP contribution in [-0.2, 0) is 6.54 Å². The molecule has 0 aromatic heterocycles. The molecule has 0 amide bonds. The van der Waals surface area contributed by atoms with E-state index in [0.29, 0.717) is 11.3 Å². The number of amidine groups is 1. The summed E-state index contributed by atoms with van der Waals surface area (Å²) in [6, 6.07) is 8.42. The molecule has 0 saturated carbocycles. The Kier molecular flexibility index (Phi) is 4.59. The third-order valence-corrected chi connectivity index (χ3v) is 3.17. The summed E-state index contributed by atoms with van der Waals surface area (Å²) in [5.74, 6) is -1.24. The first kappa shape index (κ1) is 15.1. The van der Waals surface area contributed by atoms with Gasteiger partial charge >= 0.3 is 0 Å². The van der Waals surface area contributed by atoms with E-state index in [4.69, 9.17) is 22.5 Å². The SMILES string of the molecule is NC(=NO)c1ccc(CNc2ccc(Cl)c(F)c2)c(F)c1. The molecule has 4 N–H and O–H groups in total. The van der Waals surface area contributed by atoms with Crippen molar-refractivity contribution in [3.05, 3.63) is 64.2 Å². The highest BCUT2D eigenvalue weighted by molar-refractivity contribution is 6.30. The van der Waals surface area contributed by atoms with Crippen LogP contribution in [0.3, 0.4) is 0 Å². The van der Waals surface area contributed by atoms with Gasteiger partial charge in [-0.25, -0.2) is 8.78 Å². The number of anilines is 1. The molecule has 2 rings (SSSR count). The molecule has 0 aliphatic rings. The van der Waals surface area contributed by atoms with Gasteiger partial charge in [-0.1, -0.05) is 28.9 Å². The van der Waals surface area contributed by atoms with Crippen LogP contribution in [0.4, 0.5) is 14.5 Å². The van der Waals surface area contributed by atoms with Crippen LogP contribution in [0.2, 0.25) is 5.02 Å². The van der Waals surface area contributed by atoms with E-state index in [9.17, 15) is 8.78 Å². The molecular formula is C14H12ClF2N3O. The van der Waals surface area contributed by atoms with Crippen LogP contribution >= 0.6 is 11.6 Å². The van der Waals surface area contributed by atoms with Gasteiger partial charge in [-0.3, -0.25) is 0 Å². The van der Waals surface area contributed by atoms with E-state index in [-0.39, 0.29) is 23.0 Å². The molecule has 110 valence electrons. The molecule has 0 saturated heterocycles. The highest BCUT2D eigenvalue weighted by atomic mass is 35.5. The number of rotatable bonds is 4. The Balaban J connectivity index is 2.11. The second kappa shape index (κ2) is 6.41. The van der Waals surface area contributed by atoms with Crippen molar-refractivity contribution in [1.82, 2.24) is 0 Å². The van der Waals surface area contributed by atoms with Crippen LogP contribution in [0.5, 0.6) is 0 Å². The van der Waals surface area contributed by atoms with Crippen molar-refractivity contribution in [2.45, 2.75) is 6.54 Å². The topological polar surface area (TPSA) is 70.6 Å². The lowest BCUT2D eigenvalue weighted by Gasteiger charge is -2.09. The monoisotopic (exact) mass is 311 g/mol. The number of halogens is 3. The minimum atomic E-state index is -0.551. The average molecular weight is 312 g/mol. The number of oxime groups is 1. The van der Waals surface area contributed by atoms with Crippen molar-refractivity contribution in [1.29, 1.82) is 0 Å². The van der Waals surface area contributed by atoms with Gasteiger partial charge in [0, 0.05) is 23.4 Å². The summed E-state index contributed by atoms with van der Waals surface area (Å²) >= 11 is 5.58. The number of hydrogen-bond acceptors (Lipinski definition) is 3. The summed E-state index contributed by atoms with van der Waals surface area (Å²) in [6.07, 6.45) is 0. The van der Waals surface area contributed by atoms with Gasteiger partial charge in [-0.2, -0.15) is 0 Å². The van der Waals surface area contributed by atoms with Crippen molar-refractivity contribution in [3.8, 4) is 0 Å². The first-order valence-corrected chi connectivity index (χ1v) is 6.34. The second-order valence-electron chi connectivity index (χ2n) is 4.27. The molecule has 0 unspecified atom stereocenters. The summed E-state index contributed by atoms with van der Waals surface area (Å²) in [7, 11) is 0. The van der Waals surface area contributed by atoms with E-state index in [1.807, 2.05) is 0 Å². The largest absolute Gasteiger partial charge is 0.409 e. The quantitative estimate of drug-likeness (QED) is 0.351. The maximum atomic E-state index is 13.9. The van der Waals surface area contributed by atoms with Crippen molar-refractivity contribution in [2.24, 2.45) is 10.9 Å².